The second-order valence-corrected chi connectivity index (χ2v) is 6.67. The van der Waals surface area contributed by atoms with Crippen LogP contribution in [0.3, 0.4) is 0 Å². The molecule has 0 unspecified atom stereocenters. The molecule has 98 valence electrons. The smallest absolute Gasteiger partial charge is 0.283 e. The lowest BCUT2D eigenvalue weighted by Crippen LogP contribution is -2.35. The number of fused-ring (bicyclic) bond motifs is 1. The summed E-state index contributed by atoms with van der Waals surface area (Å²) in [5.74, 6) is 5.41. The van der Waals surface area contributed by atoms with Crippen LogP contribution in [0.15, 0.2) is 39.1 Å². The van der Waals surface area contributed by atoms with E-state index in [1.807, 2.05) is 12.1 Å². The number of thioether (sulfide) groups is 2. The Kier molecular flexibility index (Phi) is 3.30. The van der Waals surface area contributed by atoms with Crippen molar-refractivity contribution in [1.29, 1.82) is 0 Å². The maximum Gasteiger partial charge on any atom is 0.283 e. The van der Waals surface area contributed by atoms with Crippen LogP contribution in [0, 0.1) is 0 Å². The summed E-state index contributed by atoms with van der Waals surface area (Å²) in [4.78, 5) is 16.0. The first-order valence-corrected chi connectivity index (χ1v) is 7.77. The van der Waals surface area contributed by atoms with Crippen LogP contribution in [0.1, 0.15) is 6.92 Å². The third-order valence-corrected chi connectivity index (χ3v) is 5.62. The van der Waals surface area contributed by atoms with Gasteiger partial charge in [-0.05, 0) is 19.1 Å². The molecular formula is C12H11N3OS3. The number of thiocarbonyl (C=S) groups is 1. The number of nitrogens with zero attached hydrogens (tertiary/aromatic N) is 2. The van der Waals surface area contributed by atoms with Gasteiger partial charge < -0.3 is 4.90 Å². The number of hydrogen-bond donors (Lipinski definition) is 1. The fourth-order valence-electron chi connectivity index (χ4n) is 2.03. The summed E-state index contributed by atoms with van der Waals surface area (Å²) < 4.78 is 0.403. The fraction of sp³-hybridized carbons (Fsp3) is 0.167. The lowest BCUT2D eigenvalue weighted by Gasteiger charge is -2.18. The van der Waals surface area contributed by atoms with E-state index >= 15 is 0 Å². The Balaban J connectivity index is 2.09. The summed E-state index contributed by atoms with van der Waals surface area (Å²) in [7, 11) is 0. The second kappa shape index (κ2) is 4.82. The standard InChI is InChI=1S/C12H11N3OS3/c1-2-14-7-5-3-4-6-8(7)18-11(14)9-10(16)15(13)12(17)19-9/h3-6H,2,13H2,1H3/b11-9-. The number of benzene rings is 1. The Morgan fingerprint density at radius 3 is 2.68 bits per heavy atom. The Morgan fingerprint density at radius 2 is 2.05 bits per heavy atom. The molecule has 1 aromatic carbocycles. The summed E-state index contributed by atoms with van der Waals surface area (Å²) >= 11 is 7.94. The predicted octanol–water partition coefficient (Wildman–Crippen LogP) is 2.52. The Morgan fingerprint density at radius 1 is 1.32 bits per heavy atom. The number of anilines is 1. The van der Waals surface area contributed by atoms with Gasteiger partial charge in [0.2, 0.25) is 0 Å². The first kappa shape index (κ1) is 13.0. The lowest BCUT2D eigenvalue weighted by molar-refractivity contribution is -0.122. The van der Waals surface area contributed by atoms with Gasteiger partial charge in [-0.2, -0.15) is 0 Å². The minimum atomic E-state index is -0.219. The third-order valence-electron chi connectivity index (χ3n) is 2.92. The van der Waals surface area contributed by atoms with Crippen molar-refractivity contribution in [2.24, 2.45) is 5.84 Å². The molecule has 2 heterocycles. The minimum absolute atomic E-state index is 0.219. The van der Waals surface area contributed by atoms with E-state index in [2.05, 4.69) is 24.0 Å². The van der Waals surface area contributed by atoms with Gasteiger partial charge in [-0.1, -0.05) is 47.9 Å². The molecule has 4 nitrogen and oxygen atoms in total. The first-order chi connectivity index (χ1) is 9.13. The summed E-state index contributed by atoms with van der Waals surface area (Å²) in [6, 6.07) is 8.11. The van der Waals surface area contributed by atoms with E-state index in [9.17, 15) is 4.79 Å². The highest BCUT2D eigenvalue weighted by Gasteiger charge is 2.37. The van der Waals surface area contributed by atoms with E-state index in [0.717, 1.165) is 27.2 Å². The number of rotatable bonds is 1. The number of nitrogens with two attached hydrogens (primary N) is 1. The van der Waals surface area contributed by atoms with Crippen molar-refractivity contribution in [3.8, 4) is 0 Å². The Bertz CT molecular complexity index is 614. The van der Waals surface area contributed by atoms with E-state index in [-0.39, 0.29) is 5.91 Å². The SMILES string of the molecule is CCN1/C(=C2/SC(=S)N(N)C2=O)Sc2ccccc21. The van der Waals surface area contributed by atoms with Crippen LogP contribution in [-0.4, -0.2) is 21.8 Å². The molecule has 0 saturated carbocycles. The summed E-state index contributed by atoms with van der Waals surface area (Å²) in [5.41, 5.74) is 1.13. The third kappa shape index (κ3) is 1.97. The van der Waals surface area contributed by atoms with E-state index in [1.165, 1.54) is 11.8 Å². The zero-order chi connectivity index (χ0) is 13.6. The number of amides is 1. The summed E-state index contributed by atoms with van der Waals surface area (Å²) in [5, 5.41) is 1.97. The molecule has 7 heteroatoms. The van der Waals surface area contributed by atoms with Crippen molar-refractivity contribution in [2.45, 2.75) is 11.8 Å². The maximum absolute atomic E-state index is 12.1. The van der Waals surface area contributed by atoms with E-state index < -0.39 is 0 Å². The molecule has 0 atom stereocenters. The van der Waals surface area contributed by atoms with Crippen molar-refractivity contribution in [3.63, 3.8) is 0 Å². The van der Waals surface area contributed by atoms with Crippen molar-refractivity contribution in [1.82, 2.24) is 5.01 Å². The second-order valence-electron chi connectivity index (χ2n) is 3.99. The molecule has 0 spiro atoms. The van der Waals surface area contributed by atoms with Gasteiger partial charge >= 0.3 is 0 Å². The average Bonchev–Trinajstić information content (AvgIpc) is 2.91. The average molecular weight is 309 g/mol. The molecule has 1 saturated heterocycles. The van der Waals surface area contributed by atoms with Crippen LogP contribution in [0.25, 0.3) is 0 Å². The zero-order valence-corrected chi connectivity index (χ0v) is 12.6. The number of carbonyl (C=O) groups excluding carboxylic acids is 1. The van der Waals surface area contributed by atoms with Gasteiger partial charge in [-0.15, -0.1) is 0 Å². The van der Waals surface area contributed by atoms with Gasteiger partial charge in [0, 0.05) is 11.4 Å². The molecule has 0 aromatic heterocycles. The van der Waals surface area contributed by atoms with Crippen molar-refractivity contribution in [3.05, 3.63) is 34.2 Å². The highest BCUT2D eigenvalue weighted by molar-refractivity contribution is 8.27. The van der Waals surface area contributed by atoms with Gasteiger partial charge in [0.1, 0.15) is 9.93 Å². The molecule has 0 radical (unpaired) electrons. The van der Waals surface area contributed by atoms with Crippen LogP contribution in [0.5, 0.6) is 0 Å². The summed E-state index contributed by atoms with van der Waals surface area (Å²) in [6.45, 7) is 2.86. The van der Waals surface area contributed by atoms with Gasteiger partial charge in [0.25, 0.3) is 5.91 Å². The predicted molar refractivity (Wildman–Crippen MR) is 83.6 cm³/mol. The molecule has 1 fully saturated rings. The molecule has 2 aliphatic rings. The van der Waals surface area contributed by atoms with Crippen molar-refractivity contribution < 1.29 is 4.79 Å². The molecular weight excluding hydrogens is 298 g/mol. The minimum Gasteiger partial charge on any atom is -0.334 e. The Hall–Kier alpha value is -1.02. The van der Waals surface area contributed by atoms with E-state index in [1.54, 1.807) is 11.8 Å². The Labute approximate surface area is 125 Å². The van der Waals surface area contributed by atoms with Crippen LogP contribution >= 0.6 is 35.7 Å². The molecule has 0 bridgehead atoms. The highest BCUT2D eigenvalue weighted by Crippen LogP contribution is 2.49. The van der Waals surface area contributed by atoms with Gasteiger partial charge in [0.15, 0.2) is 4.32 Å². The highest BCUT2D eigenvalue weighted by atomic mass is 32.2. The number of hydrogen-bond acceptors (Lipinski definition) is 6. The topological polar surface area (TPSA) is 49.6 Å². The van der Waals surface area contributed by atoms with Crippen molar-refractivity contribution >= 4 is 51.7 Å². The zero-order valence-electron chi connectivity index (χ0n) is 10.1. The van der Waals surface area contributed by atoms with Crippen LogP contribution in [0.4, 0.5) is 5.69 Å². The summed E-state index contributed by atoms with van der Waals surface area (Å²) in [6.07, 6.45) is 0. The van der Waals surface area contributed by atoms with Gasteiger partial charge in [-0.25, -0.2) is 10.9 Å². The molecule has 1 amide bonds. The molecule has 19 heavy (non-hydrogen) atoms. The fourth-order valence-corrected chi connectivity index (χ4v) is 4.50. The molecule has 3 rings (SSSR count). The molecule has 2 aliphatic heterocycles. The monoisotopic (exact) mass is 309 g/mol. The quantitative estimate of drug-likeness (QED) is 0.372. The number of para-hydroxylation sites is 1. The van der Waals surface area contributed by atoms with Crippen molar-refractivity contribution in [2.75, 3.05) is 11.4 Å². The lowest BCUT2D eigenvalue weighted by atomic mass is 10.3. The molecule has 2 N–H and O–H groups in total. The normalized spacial score (nSPS) is 22.4. The van der Waals surface area contributed by atoms with Crippen LogP contribution in [0.2, 0.25) is 0 Å². The van der Waals surface area contributed by atoms with E-state index in [0.29, 0.717) is 9.23 Å². The van der Waals surface area contributed by atoms with Crippen LogP contribution in [-0.2, 0) is 4.79 Å². The van der Waals surface area contributed by atoms with E-state index in [4.69, 9.17) is 18.1 Å². The largest absolute Gasteiger partial charge is 0.334 e. The van der Waals surface area contributed by atoms with Gasteiger partial charge in [0.05, 0.1) is 5.69 Å². The van der Waals surface area contributed by atoms with Crippen LogP contribution < -0.4 is 10.7 Å². The first-order valence-electron chi connectivity index (χ1n) is 5.73. The number of hydrazine groups is 1. The maximum atomic E-state index is 12.1. The number of carbonyl (C=O) groups is 1. The molecule has 1 aromatic rings. The molecule has 0 aliphatic carbocycles. The van der Waals surface area contributed by atoms with Gasteiger partial charge in [-0.3, -0.25) is 4.79 Å².